The number of aromatic nitrogens is 2. The molecule has 0 atom stereocenters. The van der Waals surface area contributed by atoms with Crippen LogP contribution in [-0.2, 0) is 17.6 Å². The van der Waals surface area contributed by atoms with Crippen LogP contribution in [0.1, 0.15) is 33.8 Å². The summed E-state index contributed by atoms with van der Waals surface area (Å²) in [7, 11) is 1.56. The summed E-state index contributed by atoms with van der Waals surface area (Å²) in [6, 6.07) is 17.1. The van der Waals surface area contributed by atoms with E-state index < -0.39 is 0 Å². The molecule has 1 aromatic heterocycles. The Hall–Kier alpha value is -3.26. The van der Waals surface area contributed by atoms with Crippen molar-refractivity contribution in [3.63, 3.8) is 0 Å². The van der Waals surface area contributed by atoms with Crippen LogP contribution >= 0.6 is 11.3 Å². The zero-order chi connectivity index (χ0) is 21.2. The molecule has 8 heteroatoms. The van der Waals surface area contributed by atoms with E-state index in [9.17, 15) is 9.59 Å². The highest BCUT2D eigenvalue weighted by Gasteiger charge is 2.10. The van der Waals surface area contributed by atoms with Gasteiger partial charge in [-0.15, -0.1) is 10.2 Å². The number of hydrogen-bond acceptors (Lipinski definition) is 6. The Morgan fingerprint density at radius 1 is 1.03 bits per heavy atom. The van der Waals surface area contributed by atoms with E-state index in [1.807, 2.05) is 18.2 Å². The number of carbonyl (C=O) groups excluding carboxylic acids is 2. The molecule has 0 spiro atoms. The largest absolute Gasteiger partial charge is 0.497 e. The number of aryl methyl sites for hydroxylation is 1. The zero-order valence-electron chi connectivity index (χ0n) is 16.8. The summed E-state index contributed by atoms with van der Waals surface area (Å²) in [5, 5.41) is 15.0. The molecule has 2 amide bonds. The van der Waals surface area contributed by atoms with Gasteiger partial charge < -0.3 is 15.4 Å². The van der Waals surface area contributed by atoms with Gasteiger partial charge in [0.1, 0.15) is 10.8 Å². The second-order valence-corrected chi connectivity index (χ2v) is 7.69. The molecule has 0 aliphatic rings. The van der Waals surface area contributed by atoms with Crippen LogP contribution < -0.4 is 15.4 Å². The van der Waals surface area contributed by atoms with Crippen molar-refractivity contribution in [3.05, 3.63) is 70.7 Å². The summed E-state index contributed by atoms with van der Waals surface area (Å²) >= 11 is 1.32. The highest BCUT2D eigenvalue weighted by Crippen LogP contribution is 2.16. The molecule has 0 bridgehead atoms. The lowest BCUT2D eigenvalue weighted by Gasteiger charge is -2.05. The van der Waals surface area contributed by atoms with E-state index in [0.29, 0.717) is 35.8 Å². The normalized spacial score (nSPS) is 10.4. The van der Waals surface area contributed by atoms with Crippen LogP contribution in [-0.4, -0.2) is 35.7 Å². The number of nitrogens with one attached hydrogen (secondary N) is 2. The van der Waals surface area contributed by atoms with Gasteiger partial charge in [-0.3, -0.25) is 9.59 Å². The summed E-state index contributed by atoms with van der Waals surface area (Å²) in [6.07, 6.45) is 2.61. The first kappa shape index (κ1) is 21.4. The number of hydrogen-bond donors (Lipinski definition) is 2. The van der Waals surface area contributed by atoms with E-state index in [4.69, 9.17) is 4.74 Å². The topological polar surface area (TPSA) is 93.2 Å². The first-order valence-corrected chi connectivity index (χ1v) is 10.5. The number of methoxy groups -OCH3 is 1. The molecule has 1 heterocycles. The highest BCUT2D eigenvalue weighted by atomic mass is 32.1. The van der Waals surface area contributed by atoms with Crippen LogP contribution in [0.25, 0.3) is 0 Å². The average molecular weight is 425 g/mol. The SMILES string of the molecule is COc1cccc(C(=O)NCCc2nnc(NC(=O)CCCc3ccccc3)s2)c1. The number of nitrogens with zero attached hydrogens (tertiary/aromatic N) is 2. The first-order valence-electron chi connectivity index (χ1n) is 9.72. The molecular weight excluding hydrogens is 400 g/mol. The van der Waals surface area contributed by atoms with Gasteiger partial charge in [-0.05, 0) is 36.6 Å². The van der Waals surface area contributed by atoms with Gasteiger partial charge in [-0.25, -0.2) is 0 Å². The molecule has 30 heavy (non-hydrogen) atoms. The Labute approximate surface area is 179 Å². The Morgan fingerprint density at radius 3 is 2.67 bits per heavy atom. The van der Waals surface area contributed by atoms with Crippen molar-refractivity contribution in [2.45, 2.75) is 25.7 Å². The maximum absolute atomic E-state index is 12.2. The van der Waals surface area contributed by atoms with Gasteiger partial charge in [0.25, 0.3) is 5.91 Å². The number of rotatable bonds is 10. The van der Waals surface area contributed by atoms with Crippen molar-refractivity contribution in [2.24, 2.45) is 0 Å². The third kappa shape index (κ3) is 6.66. The Bertz CT molecular complexity index is 975. The van der Waals surface area contributed by atoms with E-state index in [0.717, 1.165) is 17.8 Å². The van der Waals surface area contributed by atoms with E-state index in [1.54, 1.807) is 31.4 Å². The van der Waals surface area contributed by atoms with E-state index in [2.05, 4.69) is 33.0 Å². The fraction of sp³-hybridized carbons (Fsp3) is 0.273. The maximum atomic E-state index is 12.2. The molecule has 0 unspecified atom stereocenters. The number of ether oxygens (including phenoxy) is 1. The minimum atomic E-state index is -0.176. The molecule has 0 radical (unpaired) electrons. The molecule has 156 valence electrons. The quantitative estimate of drug-likeness (QED) is 0.520. The predicted octanol–water partition coefficient (Wildman–Crippen LogP) is 3.48. The maximum Gasteiger partial charge on any atom is 0.251 e. The molecular formula is C22H24N4O3S. The lowest BCUT2D eigenvalue weighted by Crippen LogP contribution is -2.25. The second-order valence-electron chi connectivity index (χ2n) is 6.63. The van der Waals surface area contributed by atoms with Crippen LogP contribution in [0, 0.1) is 0 Å². The number of amides is 2. The Balaban J connectivity index is 1.38. The van der Waals surface area contributed by atoms with Crippen LogP contribution in [0.15, 0.2) is 54.6 Å². The summed E-state index contributed by atoms with van der Waals surface area (Å²) < 4.78 is 5.13. The van der Waals surface area contributed by atoms with Gasteiger partial charge in [0.2, 0.25) is 11.0 Å². The second kappa shape index (κ2) is 11.1. The molecule has 2 aromatic carbocycles. The van der Waals surface area contributed by atoms with Crippen molar-refractivity contribution in [1.29, 1.82) is 0 Å². The van der Waals surface area contributed by atoms with Gasteiger partial charge in [0, 0.05) is 24.9 Å². The van der Waals surface area contributed by atoms with Crippen LogP contribution in [0.2, 0.25) is 0 Å². The fourth-order valence-electron chi connectivity index (χ4n) is 2.83. The highest BCUT2D eigenvalue weighted by molar-refractivity contribution is 7.15. The van der Waals surface area contributed by atoms with Crippen molar-refractivity contribution in [3.8, 4) is 5.75 Å². The minimum absolute atomic E-state index is 0.0695. The monoisotopic (exact) mass is 424 g/mol. The van der Waals surface area contributed by atoms with Crippen molar-refractivity contribution in [2.75, 3.05) is 19.0 Å². The number of anilines is 1. The third-order valence-electron chi connectivity index (χ3n) is 4.38. The van der Waals surface area contributed by atoms with Crippen molar-refractivity contribution < 1.29 is 14.3 Å². The summed E-state index contributed by atoms with van der Waals surface area (Å²) in [5.74, 6) is 0.390. The molecule has 0 fully saturated rings. The Kier molecular flexibility index (Phi) is 7.91. The molecule has 3 rings (SSSR count). The summed E-state index contributed by atoms with van der Waals surface area (Å²) in [4.78, 5) is 24.3. The molecule has 7 nitrogen and oxygen atoms in total. The predicted molar refractivity (Wildman–Crippen MR) is 117 cm³/mol. The summed E-state index contributed by atoms with van der Waals surface area (Å²) in [6.45, 7) is 0.426. The average Bonchev–Trinajstić information content (AvgIpc) is 3.21. The molecule has 0 aliphatic heterocycles. The van der Waals surface area contributed by atoms with E-state index in [-0.39, 0.29) is 11.8 Å². The smallest absolute Gasteiger partial charge is 0.251 e. The van der Waals surface area contributed by atoms with E-state index in [1.165, 1.54) is 16.9 Å². The zero-order valence-corrected chi connectivity index (χ0v) is 17.6. The fourth-order valence-corrected chi connectivity index (χ4v) is 3.59. The third-order valence-corrected chi connectivity index (χ3v) is 5.28. The van der Waals surface area contributed by atoms with Crippen LogP contribution in [0.4, 0.5) is 5.13 Å². The Morgan fingerprint density at radius 2 is 1.87 bits per heavy atom. The number of benzene rings is 2. The van der Waals surface area contributed by atoms with Gasteiger partial charge in [-0.2, -0.15) is 0 Å². The lowest BCUT2D eigenvalue weighted by atomic mass is 10.1. The lowest BCUT2D eigenvalue weighted by molar-refractivity contribution is -0.116. The molecule has 0 aliphatic carbocycles. The van der Waals surface area contributed by atoms with E-state index >= 15 is 0 Å². The molecule has 2 N–H and O–H groups in total. The van der Waals surface area contributed by atoms with Gasteiger partial charge in [0.05, 0.1) is 7.11 Å². The van der Waals surface area contributed by atoms with Crippen LogP contribution in [0.5, 0.6) is 5.75 Å². The van der Waals surface area contributed by atoms with Crippen LogP contribution in [0.3, 0.4) is 0 Å². The molecule has 3 aromatic rings. The molecule has 0 saturated carbocycles. The first-order chi connectivity index (χ1) is 14.6. The van der Waals surface area contributed by atoms with Gasteiger partial charge >= 0.3 is 0 Å². The standard InChI is InChI=1S/C22H24N4O3S/c1-29-18-11-6-10-17(15-18)21(28)23-14-13-20-25-26-22(30-20)24-19(27)12-5-9-16-7-3-2-4-8-16/h2-4,6-8,10-11,15H,5,9,12-14H2,1H3,(H,23,28)(H,24,26,27). The molecule has 0 saturated heterocycles. The van der Waals surface area contributed by atoms with Gasteiger partial charge in [0.15, 0.2) is 0 Å². The summed E-state index contributed by atoms with van der Waals surface area (Å²) in [5.41, 5.74) is 1.76. The number of carbonyl (C=O) groups is 2. The van der Waals surface area contributed by atoms with Crippen molar-refractivity contribution >= 4 is 28.3 Å². The van der Waals surface area contributed by atoms with Gasteiger partial charge in [-0.1, -0.05) is 47.7 Å². The van der Waals surface area contributed by atoms with Crippen molar-refractivity contribution in [1.82, 2.24) is 15.5 Å². The minimum Gasteiger partial charge on any atom is -0.497 e.